The molecule has 0 saturated heterocycles. The third-order valence-corrected chi connectivity index (χ3v) is 2.27. The minimum absolute atomic E-state index is 0.111. The predicted molar refractivity (Wildman–Crippen MR) is 41.4 cm³/mol. The SMILES string of the molecule is CC(N)C(C)(C)N(C)C. The summed E-state index contributed by atoms with van der Waals surface area (Å²) in [5.74, 6) is 0. The lowest BCUT2D eigenvalue weighted by Gasteiger charge is -2.36. The second kappa shape index (κ2) is 2.67. The van der Waals surface area contributed by atoms with E-state index in [1.165, 1.54) is 0 Å². The first-order chi connectivity index (χ1) is 3.89. The number of nitrogens with two attached hydrogens (primary N) is 1. The Morgan fingerprint density at radius 2 is 1.67 bits per heavy atom. The Bertz CT molecular complexity index is 74.9. The van der Waals surface area contributed by atoms with Gasteiger partial charge in [-0.15, -0.1) is 0 Å². The fraction of sp³-hybridized carbons (Fsp3) is 1.00. The normalized spacial score (nSPS) is 16.3. The average molecular weight is 130 g/mol. The lowest BCUT2D eigenvalue weighted by molar-refractivity contribution is 0.166. The number of likely N-dealkylation sites (N-methyl/N-ethyl adjacent to an activating group) is 1. The Hall–Kier alpha value is -0.0800. The monoisotopic (exact) mass is 130 g/mol. The van der Waals surface area contributed by atoms with Crippen molar-refractivity contribution in [3.8, 4) is 0 Å². The summed E-state index contributed by atoms with van der Waals surface area (Å²) < 4.78 is 0. The van der Waals surface area contributed by atoms with E-state index in [-0.39, 0.29) is 11.6 Å². The van der Waals surface area contributed by atoms with Gasteiger partial charge in [0.2, 0.25) is 0 Å². The number of rotatable bonds is 2. The van der Waals surface area contributed by atoms with Gasteiger partial charge in [-0.3, -0.25) is 0 Å². The Morgan fingerprint density at radius 3 is 1.67 bits per heavy atom. The second-order valence-corrected chi connectivity index (χ2v) is 3.34. The Morgan fingerprint density at radius 1 is 1.33 bits per heavy atom. The van der Waals surface area contributed by atoms with E-state index < -0.39 is 0 Å². The number of nitrogens with zero attached hydrogens (tertiary/aromatic N) is 1. The maximum absolute atomic E-state index is 5.73. The first-order valence-electron chi connectivity index (χ1n) is 3.32. The first-order valence-corrected chi connectivity index (χ1v) is 3.32. The van der Waals surface area contributed by atoms with Crippen molar-refractivity contribution in [3.05, 3.63) is 0 Å². The highest BCUT2D eigenvalue weighted by Gasteiger charge is 2.24. The molecule has 0 heterocycles. The molecule has 2 N–H and O–H groups in total. The van der Waals surface area contributed by atoms with Crippen molar-refractivity contribution in [2.75, 3.05) is 14.1 Å². The Kier molecular flexibility index (Phi) is 2.65. The predicted octanol–water partition coefficient (Wildman–Crippen LogP) is 0.674. The van der Waals surface area contributed by atoms with Crippen LogP contribution in [0, 0.1) is 0 Å². The lowest BCUT2D eigenvalue weighted by Crippen LogP contribution is -2.51. The number of hydrogen-bond acceptors (Lipinski definition) is 2. The average Bonchev–Trinajstić information content (AvgIpc) is 1.65. The summed E-state index contributed by atoms with van der Waals surface area (Å²) in [7, 11) is 4.09. The van der Waals surface area contributed by atoms with E-state index in [1.807, 2.05) is 21.0 Å². The highest BCUT2D eigenvalue weighted by atomic mass is 15.2. The molecule has 9 heavy (non-hydrogen) atoms. The molecule has 1 atom stereocenters. The van der Waals surface area contributed by atoms with Gasteiger partial charge in [-0.2, -0.15) is 0 Å². The van der Waals surface area contributed by atoms with Gasteiger partial charge in [0.25, 0.3) is 0 Å². The van der Waals surface area contributed by atoms with Crippen molar-refractivity contribution in [3.63, 3.8) is 0 Å². The summed E-state index contributed by atoms with van der Waals surface area (Å²) in [5.41, 5.74) is 5.84. The van der Waals surface area contributed by atoms with Gasteiger partial charge in [0.15, 0.2) is 0 Å². The van der Waals surface area contributed by atoms with E-state index in [2.05, 4.69) is 18.7 Å². The van der Waals surface area contributed by atoms with Crippen molar-refractivity contribution < 1.29 is 0 Å². The highest BCUT2D eigenvalue weighted by molar-refractivity contribution is 4.85. The molecule has 0 spiro atoms. The van der Waals surface area contributed by atoms with Crippen LogP contribution in [-0.4, -0.2) is 30.6 Å². The van der Waals surface area contributed by atoms with Crippen LogP contribution in [0.3, 0.4) is 0 Å². The van der Waals surface area contributed by atoms with Crippen LogP contribution >= 0.6 is 0 Å². The zero-order valence-electron chi connectivity index (χ0n) is 7.10. The quantitative estimate of drug-likeness (QED) is 0.595. The Balaban J connectivity index is 4.01. The van der Waals surface area contributed by atoms with Crippen molar-refractivity contribution >= 4 is 0 Å². The standard InChI is InChI=1S/C7H18N2/c1-6(8)7(2,3)9(4)5/h6H,8H2,1-5H3. The van der Waals surface area contributed by atoms with Crippen LogP contribution in [0.5, 0.6) is 0 Å². The van der Waals surface area contributed by atoms with Gasteiger partial charge in [0.05, 0.1) is 0 Å². The zero-order valence-corrected chi connectivity index (χ0v) is 7.10. The van der Waals surface area contributed by atoms with Crippen LogP contribution in [0.1, 0.15) is 20.8 Å². The molecule has 1 unspecified atom stereocenters. The van der Waals surface area contributed by atoms with Crippen molar-refractivity contribution in [1.82, 2.24) is 4.90 Å². The van der Waals surface area contributed by atoms with Gasteiger partial charge in [0.1, 0.15) is 0 Å². The van der Waals surface area contributed by atoms with E-state index >= 15 is 0 Å². The van der Waals surface area contributed by atoms with Gasteiger partial charge in [-0.1, -0.05) is 0 Å². The minimum atomic E-state index is 0.111. The highest BCUT2D eigenvalue weighted by Crippen LogP contribution is 2.12. The third-order valence-electron chi connectivity index (χ3n) is 2.27. The summed E-state index contributed by atoms with van der Waals surface area (Å²) in [6.45, 7) is 6.30. The largest absolute Gasteiger partial charge is 0.326 e. The van der Waals surface area contributed by atoms with Gasteiger partial charge in [-0.05, 0) is 34.9 Å². The van der Waals surface area contributed by atoms with E-state index in [9.17, 15) is 0 Å². The van der Waals surface area contributed by atoms with Crippen molar-refractivity contribution in [2.45, 2.75) is 32.4 Å². The van der Waals surface area contributed by atoms with E-state index in [0.717, 1.165) is 0 Å². The molecule has 2 nitrogen and oxygen atoms in total. The lowest BCUT2D eigenvalue weighted by atomic mass is 9.96. The molecule has 0 aromatic heterocycles. The molecule has 0 aliphatic carbocycles. The maximum atomic E-state index is 5.73. The maximum Gasteiger partial charge on any atom is 0.0295 e. The molecule has 2 heteroatoms. The fourth-order valence-corrected chi connectivity index (χ4v) is 0.407. The summed E-state index contributed by atoms with van der Waals surface area (Å²) in [6, 6.07) is 0.215. The van der Waals surface area contributed by atoms with Gasteiger partial charge < -0.3 is 10.6 Å². The molecule has 0 rings (SSSR count). The molecule has 0 aliphatic rings. The summed E-state index contributed by atoms with van der Waals surface area (Å²) in [5, 5.41) is 0. The van der Waals surface area contributed by atoms with Crippen LogP contribution in [-0.2, 0) is 0 Å². The van der Waals surface area contributed by atoms with Crippen LogP contribution in [0.2, 0.25) is 0 Å². The molecule has 0 aromatic carbocycles. The molecule has 0 radical (unpaired) electrons. The minimum Gasteiger partial charge on any atom is -0.326 e. The molecule has 0 amide bonds. The molecule has 0 fully saturated rings. The van der Waals surface area contributed by atoms with Crippen LogP contribution in [0.25, 0.3) is 0 Å². The molecule has 0 aliphatic heterocycles. The summed E-state index contributed by atoms with van der Waals surface area (Å²) >= 11 is 0. The molecule has 0 bridgehead atoms. The fourth-order valence-electron chi connectivity index (χ4n) is 0.407. The summed E-state index contributed by atoms with van der Waals surface area (Å²) in [4.78, 5) is 2.14. The molecule has 56 valence electrons. The van der Waals surface area contributed by atoms with Crippen molar-refractivity contribution in [2.24, 2.45) is 5.73 Å². The third kappa shape index (κ3) is 1.95. The number of hydrogen-bond donors (Lipinski definition) is 1. The van der Waals surface area contributed by atoms with E-state index in [0.29, 0.717) is 0 Å². The van der Waals surface area contributed by atoms with Crippen molar-refractivity contribution in [1.29, 1.82) is 0 Å². The van der Waals surface area contributed by atoms with E-state index in [4.69, 9.17) is 5.73 Å². The van der Waals surface area contributed by atoms with Crippen LogP contribution in [0.15, 0.2) is 0 Å². The molecule has 0 aromatic rings. The first kappa shape index (κ1) is 8.92. The Labute approximate surface area is 58.0 Å². The molecule has 0 saturated carbocycles. The zero-order chi connectivity index (χ0) is 7.65. The van der Waals surface area contributed by atoms with Gasteiger partial charge >= 0.3 is 0 Å². The second-order valence-electron chi connectivity index (χ2n) is 3.34. The molecular formula is C7H18N2. The van der Waals surface area contributed by atoms with Gasteiger partial charge in [-0.25, -0.2) is 0 Å². The summed E-state index contributed by atoms with van der Waals surface area (Å²) in [6.07, 6.45) is 0. The van der Waals surface area contributed by atoms with Gasteiger partial charge in [0, 0.05) is 11.6 Å². The smallest absolute Gasteiger partial charge is 0.0295 e. The van der Waals surface area contributed by atoms with Crippen LogP contribution < -0.4 is 5.73 Å². The molecular weight excluding hydrogens is 112 g/mol. The van der Waals surface area contributed by atoms with E-state index in [1.54, 1.807) is 0 Å². The van der Waals surface area contributed by atoms with Crippen LogP contribution in [0.4, 0.5) is 0 Å². The topological polar surface area (TPSA) is 29.3 Å².